The minimum atomic E-state index is -1.01. The summed E-state index contributed by atoms with van der Waals surface area (Å²) in [7, 11) is 0. The first-order chi connectivity index (χ1) is 16.1. The van der Waals surface area contributed by atoms with Crippen molar-refractivity contribution in [3.05, 3.63) is 114 Å². The molecule has 0 bridgehead atoms. The molecule has 1 spiro atoms. The predicted molar refractivity (Wildman–Crippen MR) is 131 cm³/mol. The van der Waals surface area contributed by atoms with Crippen molar-refractivity contribution >= 4 is 23.6 Å². The van der Waals surface area contributed by atoms with Gasteiger partial charge in [-0.1, -0.05) is 91.9 Å². The maximum Gasteiger partial charge on any atom is 0.260 e. The van der Waals surface area contributed by atoms with Gasteiger partial charge in [-0.25, -0.2) is 0 Å². The highest BCUT2D eigenvalue weighted by atomic mass is 16.2. The van der Waals surface area contributed by atoms with Crippen molar-refractivity contribution in [1.29, 1.82) is 0 Å². The van der Waals surface area contributed by atoms with Crippen LogP contribution < -0.4 is 5.01 Å². The fraction of sp³-hybridized carbons (Fsp3) is 0.207. The molecule has 1 aliphatic carbocycles. The molecule has 4 atom stereocenters. The molecule has 0 aromatic heterocycles. The minimum Gasteiger partial charge on any atom is -0.298 e. The fourth-order valence-electron chi connectivity index (χ4n) is 5.83. The number of hydrazone groups is 1. The van der Waals surface area contributed by atoms with E-state index in [0.717, 1.165) is 28.8 Å². The van der Waals surface area contributed by atoms with Gasteiger partial charge in [0.1, 0.15) is 11.7 Å². The number of carbonyl (C=O) groups excluding carboxylic acids is 2. The van der Waals surface area contributed by atoms with Crippen LogP contribution in [0.1, 0.15) is 36.8 Å². The molecule has 0 N–H and O–H groups in total. The van der Waals surface area contributed by atoms with Crippen LogP contribution in [0.5, 0.6) is 0 Å². The number of para-hydroxylation sites is 1. The van der Waals surface area contributed by atoms with E-state index in [1.54, 1.807) is 0 Å². The van der Waals surface area contributed by atoms with Crippen LogP contribution in [0.3, 0.4) is 0 Å². The van der Waals surface area contributed by atoms with Gasteiger partial charge in [-0.3, -0.25) is 9.59 Å². The third-order valence-corrected chi connectivity index (χ3v) is 7.08. The first-order valence-electron chi connectivity index (χ1n) is 11.3. The Kier molecular flexibility index (Phi) is 5.29. The van der Waals surface area contributed by atoms with Gasteiger partial charge in [0.25, 0.3) is 5.91 Å². The van der Waals surface area contributed by atoms with Crippen LogP contribution >= 0.6 is 0 Å². The van der Waals surface area contributed by atoms with Gasteiger partial charge in [0.05, 0.1) is 11.4 Å². The molecule has 164 valence electrons. The van der Waals surface area contributed by atoms with Crippen molar-refractivity contribution in [2.24, 2.45) is 16.4 Å². The number of carbonyl (C=O) groups is 2. The summed E-state index contributed by atoms with van der Waals surface area (Å²) in [4.78, 5) is 26.9. The Balaban J connectivity index is 1.80. The lowest BCUT2D eigenvalue weighted by molar-refractivity contribution is -0.126. The molecule has 0 saturated heterocycles. The zero-order chi connectivity index (χ0) is 23.0. The molecule has 4 nitrogen and oxygen atoms in total. The summed E-state index contributed by atoms with van der Waals surface area (Å²) >= 11 is 0. The normalized spacial score (nSPS) is 26.8. The molecule has 0 saturated carbocycles. The average molecular weight is 435 g/mol. The number of allylic oxidation sites excluding steroid dienone is 2. The monoisotopic (exact) mass is 434 g/mol. The number of amides is 1. The van der Waals surface area contributed by atoms with Crippen molar-refractivity contribution in [2.75, 3.05) is 5.01 Å². The third kappa shape index (κ3) is 3.17. The van der Waals surface area contributed by atoms with Crippen molar-refractivity contribution in [3.8, 4) is 0 Å². The van der Waals surface area contributed by atoms with Crippen LogP contribution in [0.15, 0.2) is 108 Å². The van der Waals surface area contributed by atoms with Gasteiger partial charge in [-0.2, -0.15) is 10.1 Å². The fourth-order valence-corrected chi connectivity index (χ4v) is 5.83. The van der Waals surface area contributed by atoms with Crippen molar-refractivity contribution in [3.63, 3.8) is 0 Å². The van der Waals surface area contributed by atoms with Crippen LogP contribution in [0.2, 0.25) is 0 Å². The molecule has 3 aromatic rings. The van der Waals surface area contributed by atoms with E-state index < -0.39 is 11.3 Å². The molecule has 3 aromatic carbocycles. The van der Waals surface area contributed by atoms with E-state index in [4.69, 9.17) is 5.10 Å². The summed E-state index contributed by atoms with van der Waals surface area (Å²) in [5, 5.41) is 6.36. The number of rotatable bonds is 4. The van der Waals surface area contributed by atoms with Crippen LogP contribution in [-0.2, 0) is 9.59 Å². The number of benzene rings is 3. The van der Waals surface area contributed by atoms with E-state index in [1.165, 1.54) is 5.01 Å². The van der Waals surface area contributed by atoms with E-state index in [1.807, 2.05) is 91.9 Å². The lowest BCUT2D eigenvalue weighted by atomic mass is 9.52. The van der Waals surface area contributed by atoms with E-state index in [0.29, 0.717) is 5.57 Å². The van der Waals surface area contributed by atoms with Crippen molar-refractivity contribution < 1.29 is 9.59 Å². The Morgan fingerprint density at radius 3 is 1.97 bits per heavy atom. The largest absolute Gasteiger partial charge is 0.298 e. The molecule has 1 aliphatic heterocycles. The zero-order valence-electron chi connectivity index (χ0n) is 18.8. The second kappa shape index (κ2) is 8.28. The SMILES string of the molecule is CC1=NN(c2ccccc2)C(=O)[C@@]12[C@H](c1ccccc1)[C@@H](C)C=C(C=O)[C@H]2c1ccccc1. The topological polar surface area (TPSA) is 49.7 Å². The van der Waals surface area contributed by atoms with Gasteiger partial charge in [0.15, 0.2) is 0 Å². The number of hydrogen-bond acceptors (Lipinski definition) is 3. The quantitative estimate of drug-likeness (QED) is 0.492. The van der Waals surface area contributed by atoms with Crippen LogP contribution in [0, 0.1) is 11.3 Å². The van der Waals surface area contributed by atoms with Crippen LogP contribution in [0.4, 0.5) is 5.69 Å². The highest BCUT2D eigenvalue weighted by Gasteiger charge is 2.63. The number of anilines is 1. The third-order valence-electron chi connectivity index (χ3n) is 7.08. The van der Waals surface area contributed by atoms with Gasteiger partial charge in [0, 0.05) is 11.8 Å². The zero-order valence-corrected chi connectivity index (χ0v) is 18.8. The molecule has 2 aliphatic rings. The second-order valence-electron chi connectivity index (χ2n) is 8.88. The van der Waals surface area contributed by atoms with E-state index in [2.05, 4.69) is 19.1 Å². The molecule has 33 heavy (non-hydrogen) atoms. The molecule has 4 heteroatoms. The van der Waals surface area contributed by atoms with E-state index in [9.17, 15) is 9.59 Å². The molecule has 1 heterocycles. The van der Waals surface area contributed by atoms with Crippen molar-refractivity contribution in [2.45, 2.75) is 25.7 Å². The molecule has 1 amide bonds. The van der Waals surface area contributed by atoms with Crippen molar-refractivity contribution in [1.82, 2.24) is 0 Å². The van der Waals surface area contributed by atoms with Crippen LogP contribution in [-0.4, -0.2) is 17.9 Å². The Morgan fingerprint density at radius 2 is 1.39 bits per heavy atom. The summed E-state index contributed by atoms with van der Waals surface area (Å²) in [6, 6.07) is 29.6. The minimum absolute atomic E-state index is 0.0302. The summed E-state index contributed by atoms with van der Waals surface area (Å²) < 4.78 is 0. The summed E-state index contributed by atoms with van der Waals surface area (Å²) in [5.41, 5.74) is 3.11. The maximum absolute atomic E-state index is 14.5. The Bertz CT molecular complexity index is 1230. The molecule has 0 fully saturated rings. The highest BCUT2D eigenvalue weighted by molar-refractivity contribution is 6.21. The van der Waals surface area contributed by atoms with Gasteiger partial charge in [-0.05, 0) is 41.7 Å². The Hall–Kier alpha value is -3.79. The molecule has 0 radical (unpaired) electrons. The summed E-state index contributed by atoms with van der Waals surface area (Å²) in [5.74, 6) is -0.717. The summed E-state index contributed by atoms with van der Waals surface area (Å²) in [6.45, 7) is 4.03. The Morgan fingerprint density at radius 1 is 0.848 bits per heavy atom. The smallest absolute Gasteiger partial charge is 0.260 e. The predicted octanol–water partition coefficient (Wildman–Crippen LogP) is 5.74. The average Bonchev–Trinajstić information content (AvgIpc) is 3.11. The lowest BCUT2D eigenvalue weighted by Crippen LogP contribution is -2.52. The lowest BCUT2D eigenvalue weighted by Gasteiger charge is -2.48. The number of hydrogen-bond donors (Lipinski definition) is 0. The molecular formula is C29H26N2O2. The first-order valence-corrected chi connectivity index (χ1v) is 11.3. The van der Waals surface area contributed by atoms with Gasteiger partial charge < -0.3 is 0 Å². The first kappa shape index (κ1) is 21.1. The second-order valence-corrected chi connectivity index (χ2v) is 8.88. The van der Waals surface area contributed by atoms with E-state index >= 15 is 0 Å². The maximum atomic E-state index is 14.5. The number of aldehydes is 1. The van der Waals surface area contributed by atoms with Crippen LogP contribution in [0.25, 0.3) is 0 Å². The Labute approximate surface area is 194 Å². The van der Waals surface area contributed by atoms with Gasteiger partial charge in [-0.15, -0.1) is 0 Å². The molecule has 5 rings (SSSR count). The summed E-state index contributed by atoms with van der Waals surface area (Å²) in [6.07, 6.45) is 2.96. The van der Waals surface area contributed by atoms with E-state index in [-0.39, 0.29) is 17.7 Å². The highest BCUT2D eigenvalue weighted by Crippen LogP contribution is 2.60. The molecular weight excluding hydrogens is 408 g/mol. The number of nitrogens with zero attached hydrogens (tertiary/aromatic N) is 2. The van der Waals surface area contributed by atoms with Gasteiger partial charge >= 0.3 is 0 Å². The van der Waals surface area contributed by atoms with Gasteiger partial charge in [0.2, 0.25) is 0 Å². The standard InChI is InChI=1S/C29H26N2O2/c1-20-18-24(19-32)27(23-14-8-4-9-15-23)29(26(20)22-12-6-3-7-13-22)21(2)30-31(28(29)33)25-16-10-5-11-17-25/h3-20,26-27H,1-2H3/t20-,26-,27+,29+/m0/s1. The molecule has 0 unspecified atom stereocenters.